The lowest BCUT2D eigenvalue weighted by atomic mass is 10.0. The lowest BCUT2D eigenvalue weighted by Gasteiger charge is -2.26. The summed E-state index contributed by atoms with van der Waals surface area (Å²) in [6.45, 7) is 9.14. The molecule has 3 aliphatic rings. The maximum absolute atomic E-state index is 14.4. The SMILES string of the molecule is C[C@@H]1CN(C(=O)C2(NC(=O)OC(C)(C)C)CC2)CC1C#N.N/C=C\NCC1CN(c2ccc(-c3cccnc3)c(F)c2)C(=O)O1. The Morgan fingerprint density at radius 3 is 2.60 bits per heavy atom. The molecule has 2 aromatic rings. The average molecular weight is 622 g/mol. The van der Waals surface area contributed by atoms with Gasteiger partial charge in [-0.2, -0.15) is 5.26 Å². The first-order chi connectivity index (χ1) is 21.4. The molecule has 3 fully saturated rings. The van der Waals surface area contributed by atoms with Crippen molar-refractivity contribution in [2.75, 3.05) is 31.1 Å². The second-order valence-corrected chi connectivity index (χ2v) is 12.4. The van der Waals surface area contributed by atoms with Crippen LogP contribution >= 0.6 is 0 Å². The standard InChI is InChI=1S/C17H17FN4O2.C15H23N3O3/c18-16-8-13(3-4-15(16)12-2-1-6-20-9-12)22-11-14(24-17(22)23)10-21-7-5-19;1-10-8-18(9-11(10)7-16)12(19)15(5-6-15)17-13(20)21-14(2,3)4/h1-9,14,21H,10-11,19H2;10-11H,5-6,8-9H2,1-4H3,(H,17,20)/b7-5-;/t;10-,11?/m.1/s1. The van der Waals surface area contributed by atoms with E-state index in [9.17, 15) is 18.8 Å². The lowest BCUT2D eigenvalue weighted by molar-refractivity contribution is -0.133. The average Bonchev–Trinajstić information content (AvgIpc) is 3.52. The molecule has 1 aromatic carbocycles. The number of nitrogens with two attached hydrogens (primary N) is 1. The van der Waals surface area contributed by atoms with Gasteiger partial charge in [0, 0.05) is 49.0 Å². The first kappa shape index (κ1) is 33.0. The Kier molecular flexibility index (Phi) is 10.2. The van der Waals surface area contributed by atoms with E-state index >= 15 is 0 Å². The van der Waals surface area contributed by atoms with E-state index in [1.165, 1.54) is 17.2 Å². The van der Waals surface area contributed by atoms with Gasteiger partial charge in [-0.25, -0.2) is 14.0 Å². The molecule has 0 radical (unpaired) electrons. The van der Waals surface area contributed by atoms with Gasteiger partial charge in [-0.1, -0.05) is 13.0 Å². The Hall–Kier alpha value is -4.86. The molecule has 3 heterocycles. The van der Waals surface area contributed by atoms with Gasteiger partial charge < -0.3 is 30.7 Å². The number of nitrogens with one attached hydrogen (secondary N) is 2. The van der Waals surface area contributed by atoms with Gasteiger partial charge in [0.15, 0.2) is 0 Å². The molecule has 240 valence electrons. The fraction of sp³-hybridized carbons (Fsp3) is 0.469. The molecule has 2 saturated heterocycles. The molecule has 4 N–H and O–H groups in total. The highest BCUT2D eigenvalue weighted by atomic mass is 19.1. The third-order valence-electron chi connectivity index (χ3n) is 7.64. The van der Waals surface area contributed by atoms with Crippen molar-refractivity contribution in [1.82, 2.24) is 20.5 Å². The van der Waals surface area contributed by atoms with Gasteiger partial charge >= 0.3 is 12.2 Å². The van der Waals surface area contributed by atoms with Gasteiger partial charge in [0.2, 0.25) is 5.91 Å². The number of hydrogen-bond acceptors (Lipinski definition) is 9. The number of likely N-dealkylation sites (tertiary alicyclic amines) is 1. The number of aromatic nitrogens is 1. The Morgan fingerprint density at radius 2 is 2.02 bits per heavy atom. The summed E-state index contributed by atoms with van der Waals surface area (Å²) < 4.78 is 24.9. The lowest BCUT2D eigenvalue weighted by Crippen LogP contribution is -2.51. The molecule has 1 saturated carbocycles. The van der Waals surface area contributed by atoms with Crippen molar-refractivity contribution < 1.29 is 28.2 Å². The molecular formula is C32H40FN7O5. The number of anilines is 1. The number of rotatable bonds is 7. The van der Waals surface area contributed by atoms with Crippen LogP contribution in [0.1, 0.15) is 40.5 Å². The van der Waals surface area contributed by atoms with Crippen molar-refractivity contribution in [1.29, 1.82) is 5.26 Å². The van der Waals surface area contributed by atoms with Gasteiger partial charge in [-0.3, -0.25) is 14.7 Å². The number of nitriles is 1. The summed E-state index contributed by atoms with van der Waals surface area (Å²) in [5.41, 5.74) is 5.41. The zero-order valence-corrected chi connectivity index (χ0v) is 26.0. The molecule has 1 aromatic heterocycles. The zero-order valence-electron chi connectivity index (χ0n) is 26.0. The summed E-state index contributed by atoms with van der Waals surface area (Å²) in [7, 11) is 0. The minimum Gasteiger partial charge on any atom is -0.444 e. The molecule has 2 aliphatic heterocycles. The Bertz CT molecular complexity index is 1450. The van der Waals surface area contributed by atoms with E-state index in [2.05, 4.69) is 21.7 Å². The normalized spacial score (nSPS) is 21.8. The second-order valence-electron chi connectivity index (χ2n) is 12.4. The number of alkyl carbamates (subject to hydrolysis) is 1. The van der Waals surface area contributed by atoms with Crippen LogP contribution in [-0.2, 0) is 14.3 Å². The van der Waals surface area contributed by atoms with Crippen LogP contribution in [0.3, 0.4) is 0 Å². The van der Waals surface area contributed by atoms with Gasteiger partial charge in [-0.15, -0.1) is 0 Å². The number of hydrogen-bond donors (Lipinski definition) is 3. The minimum atomic E-state index is -0.813. The summed E-state index contributed by atoms with van der Waals surface area (Å²) >= 11 is 0. The molecule has 3 atom stereocenters. The van der Waals surface area contributed by atoms with Crippen LogP contribution in [0, 0.1) is 29.0 Å². The van der Waals surface area contributed by atoms with E-state index in [-0.39, 0.29) is 23.8 Å². The number of halogens is 1. The van der Waals surface area contributed by atoms with Gasteiger partial charge in [0.25, 0.3) is 0 Å². The number of cyclic esters (lactones) is 1. The highest BCUT2D eigenvalue weighted by molar-refractivity contribution is 5.93. The highest BCUT2D eigenvalue weighted by Crippen LogP contribution is 2.39. The summed E-state index contributed by atoms with van der Waals surface area (Å²) in [6, 6.07) is 10.4. The molecule has 45 heavy (non-hydrogen) atoms. The first-order valence-electron chi connectivity index (χ1n) is 14.8. The number of ether oxygens (including phenoxy) is 2. The predicted octanol–water partition coefficient (Wildman–Crippen LogP) is 3.89. The third-order valence-corrected chi connectivity index (χ3v) is 7.64. The number of carbonyl (C=O) groups is 3. The Labute approximate surface area is 262 Å². The zero-order chi connectivity index (χ0) is 32.8. The number of benzene rings is 1. The topological polar surface area (TPSA) is 163 Å². The van der Waals surface area contributed by atoms with Crippen LogP contribution < -0.4 is 21.3 Å². The number of pyridine rings is 1. The van der Waals surface area contributed by atoms with Crippen molar-refractivity contribution in [3.8, 4) is 17.2 Å². The van der Waals surface area contributed by atoms with Crippen LogP contribution in [0.5, 0.6) is 0 Å². The Morgan fingerprint density at radius 1 is 1.27 bits per heavy atom. The fourth-order valence-corrected chi connectivity index (χ4v) is 5.15. The monoisotopic (exact) mass is 621 g/mol. The molecule has 3 amide bonds. The van der Waals surface area contributed by atoms with E-state index in [1.54, 1.807) is 68.5 Å². The van der Waals surface area contributed by atoms with Gasteiger partial charge in [0.05, 0.1) is 30.8 Å². The molecule has 0 bridgehead atoms. The van der Waals surface area contributed by atoms with Crippen molar-refractivity contribution in [2.45, 2.75) is 57.8 Å². The van der Waals surface area contributed by atoms with Crippen LogP contribution in [0.4, 0.5) is 19.7 Å². The number of nitrogens with zero attached hydrogens (tertiary/aromatic N) is 4. The van der Waals surface area contributed by atoms with Crippen LogP contribution in [0.2, 0.25) is 0 Å². The maximum Gasteiger partial charge on any atom is 0.414 e. The van der Waals surface area contributed by atoms with Crippen LogP contribution in [0.25, 0.3) is 11.1 Å². The molecule has 2 unspecified atom stereocenters. The van der Waals surface area contributed by atoms with Crippen molar-refractivity contribution in [3.63, 3.8) is 0 Å². The second kappa shape index (κ2) is 13.8. The van der Waals surface area contributed by atoms with Crippen molar-refractivity contribution >= 4 is 23.8 Å². The summed E-state index contributed by atoms with van der Waals surface area (Å²) in [5, 5.41) is 14.7. The van der Waals surface area contributed by atoms with E-state index in [0.717, 1.165) is 0 Å². The first-order valence-corrected chi connectivity index (χ1v) is 14.8. The van der Waals surface area contributed by atoms with Crippen LogP contribution in [0.15, 0.2) is 55.1 Å². The molecular weight excluding hydrogens is 581 g/mol. The molecule has 1 aliphatic carbocycles. The van der Waals surface area contributed by atoms with Crippen molar-refractivity contribution in [2.24, 2.45) is 17.6 Å². The van der Waals surface area contributed by atoms with Crippen LogP contribution in [-0.4, -0.2) is 71.4 Å². The smallest absolute Gasteiger partial charge is 0.414 e. The summed E-state index contributed by atoms with van der Waals surface area (Å²) in [5.74, 6) is -0.443. The molecule has 0 spiro atoms. The molecule has 12 nitrogen and oxygen atoms in total. The number of carbonyl (C=O) groups excluding carboxylic acids is 3. The van der Waals surface area contributed by atoms with E-state index in [4.69, 9.17) is 20.5 Å². The Balaban J connectivity index is 0.000000207. The fourth-order valence-electron chi connectivity index (χ4n) is 5.15. The third kappa shape index (κ3) is 8.41. The molecule has 5 rings (SSSR count). The summed E-state index contributed by atoms with van der Waals surface area (Å²) in [4.78, 5) is 43.5. The quantitative estimate of drug-likeness (QED) is 0.416. The highest BCUT2D eigenvalue weighted by Gasteiger charge is 2.55. The molecule has 13 heteroatoms. The van der Waals surface area contributed by atoms with E-state index < -0.39 is 29.1 Å². The maximum atomic E-state index is 14.4. The van der Waals surface area contributed by atoms with E-state index in [1.807, 2.05) is 6.92 Å². The summed E-state index contributed by atoms with van der Waals surface area (Å²) in [6.07, 6.45) is 6.04. The minimum absolute atomic E-state index is 0.0852. The van der Waals surface area contributed by atoms with Gasteiger partial charge in [-0.05, 0) is 63.8 Å². The largest absolute Gasteiger partial charge is 0.444 e. The predicted molar refractivity (Wildman–Crippen MR) is 165 cm³/mol. The van der Waals surface area contributed by atoms with E-state index in [0.29, 0.717) is 55.8 Å². The number of amides is 3. The van der Waals surface area contributed by atoms with Gasteiger partial charge in [0.1, 0.15) is 23.1 Å². The van der Waals surface area contributed by atoms with Crippen molar-refractivity contribution in [3.05, 3.63) is 60.9 Å².